The quantitative estimate of drug-likeness (QED) is 0.888. The van der Waals surface area contributed by atoms with Gasteiger partial charge in [-0.3, -0.25) is 0 Å². The summed E-state index contributed by atoms with van der Waals surface area (Å²) in [5.74, 6) is 3.73. The zero-order valence-corrected chi connectivity index (χ0v) is 15.8. The zero-order valence-electron chi connectivity index (χ0n) is 15.0. The summed E-state index contributed by atoms with van der Waals surface area (Å²) in [6.07, 6.45) is 8.55. The molecule has 0 bridgehead atoms. The maximum absolute atomic E-state index is 5.94. The first kappa shape index (κ1) is 17.4. The van der Waals surface area contributed by atoms with Crippen LogP contribution in [0.4, 0.5) is 17.3 Å². The highest BCUT2D eigenvalue weighted by Crippen LogP contribution is 2.34. The van der Waals surface area contributed by atoms with Crippen molar-refractivity contribution in [2.24, 2.45) is 11.8 Å². The molecule has 2 aliphatic heterocycles. The SMILES string of the molecule is Nc1ccnc(N2CCC(C3CCN(c4ccc(Cl)cn4)CC3)CC2)c1. The molecule has 0 amide bonds. The van der Waals surface area contributed by atoms with Crippen LogP contribution in [0.3, 0.4) is 0 Å². The lowest BCUT2D eigenvalue weighted by Crippen LogP contribution is -2.41. The van der Waals surface area contributed by atoms with Crippen molar-refractivity contribution in [3.63, 3.8) is 0 Å². The Labute approximate surface area is 160 Å². The number of nitrogen functional groups attached to an aromatic ring is 1. The summed E-state index contributed by atoms with van der Waals surface area (Å²) in [6, 6.07) is 7.79. The van der Waals surface area contributed by atoms with E-state index in [-0.39, 0.29) is 0 Å². The Morgan fingerprint density at radius 1 is 0.846 bits per heavy atom. The summed E-state index contributed by atoms with van der Waals surface area (Å²) in [7, 11) is 0. The molecular weight excluding hydrogens is 346 g/mol. The number of rotatable bonds is 3. The van der Waals surface area contributed by atoms with Crippen LogP contribution in [-0.2, 0) is 0 Å². The summed E-state index contributed by atoms with van der Waals surface area (Å²) < 4.78 is 0. The molecule has 2 N–H and O–H groups in total. The standard InChI is InChI=1S/C20H26ClN5/c21-17-1-2-19(24-14-17)25-9-4-15(5-10-25)16-6-11-26(12-7-16)20-13-18(22)3-8-23-20/h1-3,8,13-16H,4-7,9-12H2,(H2,22,23). The van der Waals surface area contributed by atoms with Crippen LogP contribution in [0.2, 0.25) is 5.02 Å². The van der Waals surface area contributed by atoms with E-state index in [1.807, 2.05) is 24.3 Å². The van der Waals surface area contributed by atoms with Crippen LogP contribution in [0.25, 0.3) is 0 Å². The van der Waals surface area contributed by atoms with Crippen molar-refractivity contribution in [1.29, 1.82) is 0 Å². The molecule has 2 fully saturated rings. The molecule has 0 aromatic carbocycles. The van der Waals surface area contributed by atoms with Crippen molar-refractivity contribution >= 4 is 28.9 Å². The van der Waals surface area contributed by atoms with E-state index in [1.165, 1.54) is 25.7 Å². The third-order valence-electron chi connectivity index (χ3n) is 5.88. The third-order valence-corrected chi connectivity index (χ3v) is 6.10. The molecule has 2 aliphatic rings. The molecule has 4 heterocycles. The van der Waals surface area contributed by atoms with Crippen molar-refractivity contribution < 1.29 is 0 Å². The second-order valence-electron chi connectivity index (χ2n) is 7.43. The van der Waals surface area contributed by atoms with E-state index in [0.717, 1.165) is 55.3 Å². The van der Waals surface area contributed by atoms with Crippen LogP contribution >= 0.6 is 11.6 Å². The summed E-state index contributed by atoms with van der Waals surface area (Å²) in [5, 5.41) is 0.699. The van der Waals surface area contributed by atoms with Crippen LogP contribution in [0.5, 0.6) is 0 Å². The number of hydrogen-bond acceptors (Lipinski definition) is 5. The van der Waals surface area contributed by atoms with Gasteiger partial charge in [-0.25, -0.2) is 9.97 Å². The van der Waals surface area contributed by atoms with Gasteiger partial charge in [0, 0.05) is 50.3 Å². The molecule has 2 aromatic heterocycles. The number of halogens is 1. The molecular formula is C20H26ClN5. The molecule has 4 rings (SSSR count). The zero-order chi connectivity index (χ0) is 17.9. The molecule has 26 heavy (non-hydrogen) atoms. The van der Waals surface area contributed by atoms with Gasteiger partial charge in [-0.2, -0.15) is 0 Å². The summed E-state index contributed by atoms with van der Waals surface area (Å²) in [5.41, 5.74) is 6.69. The summed E-state index contributed by atoms with van der Waals surface area (Å²) >= 11 is 5.94. The lowest BCUT2D eigenvalue weighted by atomic mass is 9.79. The first-order chi connectivity index (χ1) is 12.7. The fraction of sp³-hybridized carbons (Fsp3) is 0.500. The molecule has 0 radical (unpaired) electrons. The molecule has 2 aromatic rings. The Kier molecular flexibility index (Phi) is 5.16. The minimum absolute atomic E-state index is 0.699. The number of piperidine rings is 2. The lowest BCUT2D eigenvalue weighted by Gasteiger charge is -2.40. The van der Waals surface area contributed by atoms with Crippen LogP contribution in [0.1, 0.15) is 25.7 Å². The second kappa shape index (κ2) is 7.70. The van der Waals surface area contributed by atoms with E-state index in [2.05, 4.69) is 19.8 Å². The average Bonchev–Trinajstić information content (AvgIpc) is 2.69. The molecule has 0 aliphatic carbocycles. The van der Waals surface area contributed by atoms with Crippen molar-refractivity contribution in [3.8, 4) is 0 Å². The number of anilines is 3. The van der Waals surface area contributed by atoms with Gasteiger partial charge in [0.2, 0.25) is 0 Å². The van der Waals surface area contributed by atoms with Gasteiger partial charge in [0.05, 0.1) is 5.02 Å². The largest absolute Gasteiger partial charge is 0.399 e. The van der Waals surface area contributed by atoms with Gasteiger partial charge in [-0.05, 0) is 55.7 Å². The van der Waals surface area contributed by atoms with Crippen molar-refractivity contribution in [1.82, 2.24) is 9.97 Å². The van der Waals surface area contributed by atoms with Gasteiger partial charge in [-0.15, -0.1) is 0 Å². The summed E-state index contributed by atoms with van der Waals surface area (Å²) in [4.78, 5) is 13.7. The van der Waals surface area contributed by atoms with Gasteiger partial charge in [0.25, 0.3) is 0 Å². The van der Waals surface area contributed by atoms with Gasteiger partial charge in [-0.1, -0.05) is 11.6 Å². The first-order valence-corrected chi connectivity index (χ1v) is 9.90. The van der Waals surface area contributed by atoms with Crippen molar-refractivity contribution in [2.75, 3.05) is 41.7 Å². The molecule has 0 unspecified atom stereocenters. The minimum Gasteiger partial charge on any atom is -0.399 e. The predicted octanol–water partition coefficient (Wildman–Crippen LogP) is 3.85. The van der Waals surface area contributed by atoms with Gasteiger partial charge in [0.15, 0.2) is 0 Å². The molecule has 0 spiro atoms. The Morgan fingerprint density at radius 3 is 2.00 bits per heavy atom. The molecule has 5 nitrogen and oxygen atoms in total. The number of aromatic nitrogens is 2. The average molecular weight is 372 g/mol. The van der Waals surface area contributed by atoms with Crippen LogP contribution in [0, 0.1) is 11.8 Å². The van der Waals surface area contributed by atoms with E-state index in [1.54, 1.807) is 12.4 Å². The van der Waals surface area contributed by atoms with E-state index in [0.29, 0.717) is 5.02 Å². The van der Waals surface area contributed by atoms with E-state index < -0.39 is 0 Å². The maximum Gasteiger partial charge on any atom is 0.130 e. The fourth-order valence-electron chi connectivity index (χ4n) is 4.36. The van der Waals surface area contributed by atoms with Crippen LogP contribution in [-0.4, -0.2) is 36.1 Å². The third kappa shape index (κ3) is 3.88. The Hall–Kier alpha value is -2.01. The van der Waals surface area contributed by atoms with Crippen molar-refractivity contribution in [3.05, 3.63) is 41.7 Å². The normalized spacial score (nSPS) is 19.7. The number of nitrogens with two attached hydrogens (primary N) is 1. The number of nitrogens with zero attached hydrogens (tertiary/aromatic N) is 4. The van der Waals surface area contributed by atoms with Crippen LogP contribution < -0.4 is 15.5 Å². The molecule has 0 atom stereocenters. The molecule has 2 saturated heterocycles. The van der Waals surface area contributed by atoms with Crippen LogP contribution in [0.15, 0.2) is 36.7 Å². The fourth-order valence-corrected chi connectivity index (χ4v) is 4.47. The Balaban J connectivity index is 1.29. The first-order valence-electron chi connectivity index (χ1n) is 9.52. The number of pyridine rings is 2. The highest BCUT2D eigenvalue weighted by molar-refractivity contribution is 6.30. The Bertz CT molecular complexity index is 719. The highest BCUT2D eigenvalue weighted by atomic mass is 35.5. The molecule has 6 heteroatoms. The monoisotopic (exact) mass is 371 g/mol. The minimum atomic E-state index is 0.699. The van der Waals surface area contributed by atoms with Gasteiger partial charge in [0.1, 0.15) is 11.6 Å². The highest BCUT2D eigenvalue weighted by Gasteiger charge is 2.30. The second-order valence-corrected chi connectivity index (χ2v) is 7.87. The van der Waals surface area contributed by atoms with Gasteiger partial charge >= 0.3 is 0 Å². The van der Waals surface area contributed by atoms with Gasteiger partial charge < -0.3 is 15.5 Å². The Morgan fingerprint density at radius 2 is 1.46 bits per heavy atom. The molecule has 0 saturated carbocycles. The van der Waals surface area contributed by atoms with E-state index >= 15 is 0 Å². The smallest absolute Gasteiger partial charge is 0.130 e. The molecule has 138 valence electrons. The number of hydrogen-bond donors (Lipinski definition) is 1. The topological polar surface area (TPSA) is 58.3 Å². The van der Waals surface area contributed by atoms with E-state index in [9.17, 15) is 0 Å². The predicted molar refractivity (Wildman–Crippen MR) is 108 cm³/mol. The van der Waals surface area contributed by atoms with E-state index in [4.69, 9.17) is 17.3 Å². The lowest BCUT2D eigenvalue weighted by molar-refractivity contribution is 0.232. The van der Waals surface area contributed by atoms with Crippen molar-refractivity contribution in [2.45, 2.75) is 25.7 Å². The summed E-state index contributed by atoms with van der Waals surface area (Å²) in [6.45, 7) is 4.35. The maximum atomic E-state index is 5.94.